The first-order chi connectivity index (χ1) is 7.65. The third-order valence-electron chi connectivity index (χ3n) is 1.88. The predicted octanol–water partition coefficient (Wildman–Crippen LogP) is -1.86. The van der Waals surface area contributed by atoms with Gasteiger partial charge in [0.1, 0.15) is 0 Å². The Balaban J connectivity index is 2.59. The molecule has 10 heteroatoms. The van der Waals surface area contributed by atoms with E-state index in [1.807, 2.05) is 5.43 Å². The minimum atomic E-state index is -0.565. The Morgan fingerprint density at radius 3 is 2.81 bits per heavy atom. The van der Waals surface area contributed by atoms with Crippen LogP contribution in [0.15, 0.2) is 4.63 Å². The maximum Gasteiger partial charge on any atom is 0.285 e. The predicted molar refractivity (Wildman–Crippen MR) is 50.0 cm³/mol. The molecule has 0 aliphatic rings. The highest BCUT2D eigenvalue weighted by atomic mass is 16.6. The fourth-order valence-corrected chi connectivity index (χ4v) is 1.17. The second-order valence-electron chi connectivity index (χ2n) is 2.88. The normalized spacial score (nSPS) is 10.4. The molecule has 0 unspecified atom stereocenters. The summed E-state index contributed by atoms with van der Waals surface area (Å²) in [7, 11) is 0. The Bertz CT molecular complexity index is 528. The van der Waals surface area contributed by atoms with Gasteiger partial charge in [-0.1, -0.05) is 5.21 Å². The van der Waals surface area contributed by atoms with E-state index >= 15 is 0 Å². The summed E-state index contributed by atoms with van der Waals surface area (Å²) in [6.07, 6.45) is 0. The molecule has 2 aromatic rings. The average Bonchev–Trinajstić information content (AvgIpc) is 2.83. The highest BCUT2D eigenvalue weighted by Crippen LogP contribution is 2.14. The van der Waals surface area contributed by atoms with Crippen molar-refractivity contribution < 1.29 is 9.42 Å². The van der Waals surface area contributed by atoms with Crippen LogP contribution in [0.2, 0.25) is 0 Å². The molecule has 10 nitrogen and oxygen atoms in total. The molecule has 0 aromatic carbocycles. The molecule has 0 saturated heterocycles. The van der Waals surface area contributed by atoms with Crippen LogP contribution in [0.1, 0.15) is 16.2 Å². The van der Waals surface area contributed by atoms with Crippen LogP contribution in [0, 0.1) is 6.92 Å². The summed E-state index contributed by atoms with van der Waals surface area (Å²) < 4.78 is 5.50. The van der Waals surface area contributed by atoms with Crippen LogP contribution in [-0.4, -0.2) is 31.2 Å². The van der Waals surface area contributed by atoms with Crippen molar-refractivity contribution in [3.05, 3.63) is 11.4 Å². The Labute approximate surface area is 88.5 Å². The molecule has 0 spiro atoms. The van der Waals surface area contributed by atoms with Gasteiger partial charge in [-0.05, 0) is 17.2 Å². The van der Waals surface area contributed by atoms with Gasteiger partial charge >= 0.3 is 0 Å². The molecule has 1 amide bonds. The SMILES string of the molecule is Cc1nnn(-c2nonc2N)c1C(=O)NN. The van der Waals surface area contributed by atoms with Gasteiger partial charge in [0.05, 0.1) is 5.69 Å². The molecule has 0 aliphatic carbocycles. The number of anilines is 1. The zero-order chi connectivity index (χ0) is 11.7. The second-order valence-corrected chi connectivity index (χ2v) is 2.88. The summed E-state index contributed by atoms with van der Waals surface area (Å²) in [6.45, 7) is 1.60. The summed E-state index contributed by atoms with van der Waals surface area (Å²) in [5.74, 6) is 4.55. The van der Waals surface area contributed by atoms with Crippen LogP contribution in [0.5, 0.6) is 0 Å². The van der Waals surface area contributed by atoms with E-state index in [1.54, 1.807) is 6.92 Å². The maximum absolute atomic E-state index is 11.5. The molecule has 84 valence electrons. The number of rotatable bonds is 2. The van der Waals surface area contributed by atoms with E-state index in [9.17, 15) is 4.79 Å². The fraction of sp³-hybridized carbons (Fsp3) is 0.167. The van der Waals surface area contributed by atoms with Gasteiger partial charge in [0.2, 0.25) is 11.6 Å². The van der Waals surface area contributed by atoms with Gasteiger partial charge in [0.15, 0.2) is 5.69 Å². The van der Waals surface area contributed by atoms with Gasteiger partial charge in [-0.25, -0.2) is 10.5 Å². The topological polar surface area (TPSA) is 151 Å². The van der Waals surface area contributed by atoms with Gasteiger partial charge in [0, 0.05) is 0 Å². The highest BCUT2D eigenvalue weighted by molar-refractivity contribution is 5.93. The second kappa shape index (κ2) is 3.58. The number of nitrogens with zero attached hydrogens (tertiary/aromatic N) is 5. The molecule has 0 saturated carbocycles. The quantitative estimate of drug-likeness (QED) is 0.305. The van der Waals surface area contributed by atoms with E-state index < -0.39 is 5.91 Å². The Morgan fingerprint density at radius 1 is 1.50 bits per heavy atom. The first kappa shape index (κ1) is 10.0. The Morgan fingerprint density at radius 2 is 2.25 bits per heavy atom. The zero-order valence-electron chi connectivity index (χ0n) is 8.21. The van der Waals surface area contributed by atoms with E-state index in [2.05, 4.69) is 25.3 Å². The molecule has 0 atom stereocenters. The highest BCUT2D eigenvalue weighted by Gasteiger charge is 2.22. The van der Waals surface area contributed by atoms with Crippen molar-refractivity contribution in [1.29, 1.82) is 0 Å². The molecule has 0 fully saturated rings. The smallest absolute Gasteiger partial charge is 0.285 e. The summed E-state index contributed by atoms with van der Waals surface area (Å²) in [5, 5.41) is 14.3. The van der Waals surface area contributed by atoms with Crippen molar-refractivity contribution in [2.75, 3.05) is 5.73 Å². The van der Waals surface area contributed by atoms with Gasteiger partial charge in [-0.15, -0.1) is 5.10 Å². The zero-order valence-corrected chi connectivity index (χ0v) is 8.21. The van der Waals surface area contributed by atoms with Crippen LogP contribution < -0.4 is 17.0 Å². The van der Waals surface area contributed by atoms with Gasteiger partial charge < -0.3 is 5.73 Å². The largest absolute Gasteiger partial charge is 0.378 e. The Hall–Kier alpha value is -2.49. The molecular weight excluding hydrogens is 216 g/mol. The summed E-state index contributed by atoms with van der Waals surface area (Å²) in [6, 6.07) is 0. The summed E-state index contributed by atoms with van der Waals surface area (Å²) >= 11 is 0. The molecule has 16 heavy (non-hydrogen) atoms. The van der Waals surface area contributed by atoms with Crippen LogP contribution in [0.3, 0.4) is 0 Å². The third kappa shape index (κ3) is 1.37. The van der Waals surface area contributed by atoms with E-state index in [0.717, 1.165) is 4.68 Å². The van der Waals surface area contributed by atoms with Gasteiger partial charge in [0.25, 0.3) is 5.91 Å². The number of hydrogen-bond donors (Lipinski definition) is 3. The first-order valence-electron chi connectivity index (χ1n) is 4.16. The number of nitrogen functional groups attached to an aromatic ring is 2. The average molecular weight is 224 g/mol. The number of aromatic nitrogens is 5. The van der Waals surface area contributed by atoms with E-state index in [0.29, 0.717) is 5.69 Å². The number of nitrogens with two attached hydrogens (primary N) is 2. The number of carbonyl (C=O) groups is 1. The van der Waals surface area contributed by atoms with Crippen LogP contribution >= 0.6 is 0 Å². The van der Waals surface area contributed by atoms with Crippen molar-refractivity contribution >= 4 is 11.7 Å². The number of amides is 1. The molecule has 2 rings (SSSR count). The lowest BCUT2D eigenvalue weighted by molar-refractivity contribution is 0.0945. The first-order valence-corrected chi connectivity index (χ1v) is 4.16. The number of hydrazine groups is 1. The minimum Gasteiger partial charge on any atom is -0.378 e. The molecule has 0 radical (unpaired) electrons. The number of aryl methyl sites for hydroxylation is 1. The number of nitrogens with one attached hydrogen (secondary N) is 1. The molecule has 0 aliphatic heterocycles. The van der Waals surface area contributed by atoms with Crippen molar-refractivity contribution in [3.8, 4) is 5.82 Å². The number of carbonyl (C=O) groups excluding carboxylic acids is 1. The van der Waals surface area contributed by atoms with Crippen molar-refractivity contribution in [2.24, 2.45) is 5.84 Å². The standard InChI is InChI=1S/C6H8N8O2/c1-2-3(6(15)9-8)14(13-10-2)5-4(7)11-16-12-5/h8H2,1H3,(H2,7,11)(H,9,15). The molecule has 5 N–H and O–H groups in total. The van der Waals surface area contributed by atoms with Crippen LogP contribution in [-0.2, 0) is 0 Å². The summed E-state index contributed by atoms with van der Waals surface area (Å²) in [4.78, 5) is 11.5. The lowest BCUT2D eigenvalue weighted by Crippen LogP contribution is -2.32. The van der Waals surface area contributed by atoms with E-state index in [1.165, 1.54) is 0 Å². The van der Waals surface area contributed by atoms with Crippen molar-refractivity contribution in [1.82, 2.24) is 30.7 Å². The molecule has 0 bridgehead atoms. The van der Waals surface area contributed by atoms with Crippen LogP contribution in [0.25, 0.3) is 5.82 Å². The minimum absolute atomic E-state index is 0.00373. The third-order valence-corrected chi connectivity index (χ3v) is 1.88. The summed E-state index contributed by atoms with van der Waals surface area (Å²) in [5.41, 5.74) is 7.94. The molecule has 2 aromatic heterocycles. The molecule has 2 heterocycles. The Kier molecular flexibility index (Phi) is 2.25. The number of hydrogen-bond acceptors (Lipinski definition) is 8. The van der Waals surface area contributed by atoms with Gasteiger partial charge in [-0.3, -0.25) is 10.2 Å². The molecular formula is C6H8N8O2. The maximum atomic E-state index is 11.5. The van der Waals surface area contributed by atoms with Crippen LogP contribution in [0.4, 0.5) is 5.82 Å². The van der Waals surface area contributed by atoms with E-state index in [-0.39, 0.29) is 17.3 Å². The monoisotopic (exact) mass is 224 g/mol. The fourth-order valence-electron chi connectivity index (χ4n) is 1.17. The van der Waals surface area contributed by atoms with Crippen molar-refractivity contribution in [3.63, 3.8) is 0 Å². The van der Waals surface area contributed by atoms with Gasteiger partial charge in [-0.2, -0.15) is 4.68 Å². The van der Waals surface area contributed by atoms with E-state index in [4.69, 9.17) is 11.6 Å². The van der Waals surface area contributed by atoms with Crippen molar-refractivity contribution in [2.45, 2.75) is 6.92 Å². The lowest BCUT2D eigenvalue weighted by Gasteiger charge is -2.01. The lowest BCUT2D eigenvalue weighted by atomic mass is 10.3.